The number of carbonyl (C=O) groups excluding carboxylic acids is 2. The van der Waals surface area contributed by atoms with E-state index in [2.05, 4.69) is 15.4 Å². The van der Waals surface area contributed by atoms with Crippen molar-refractivity contribution in [3.05, 3.63) is 59.7 Å². The molecule has 126 valence electrons. The highest BCUT2D eigenvalue weighted by molar-refractivity contribution is 5.94. The molecule has 3 amide bonds. The Morgan fingerprint density at radius 2 is 1.67 bits per heavy atom. The number of hydrogen-bond acceptors (Lipinski definition) is 3. The number of benzene rings is 2. The van der Waals surface area contributed by atoms with Crippen molar-refractivity contribution in [2.45, 2.75) is 13.2 Å². The van der Waals surface area contributed by atoms with Gasteiger partial charge in [-0.1, -0.05) is 12.1 Å². The third-order valence-electron chi connectivity index (χ3n) is 3.02. The first-order valence-corrected chi connectivity index (χ1v) is 6.92. The number of halogens is 2. The highest BCUT2D eigenvalue weighted by Gasteiger charge is 2.08. The monoisotopic (exact) mass is 335 g/mol. The largest absolute Gasteiger partial charge is 0.435 e. The quantitative estimate of drug-likeness (QED) is 0.758. The molecule has 0 aliphatic rings. The van der Waals surface area contributed by atoms with Gasteiger partial charge in [0.25, 0.3) is 5.91 Å². The van der Waals surface area contributed by atoms with Crippen LogP contribution in [0, 0.1) is 0 Å². The van der Waals surface area contributed by atoms with Gasteiger partial charge in [-0.3, -0.25) is 4.79 Å². The van der Waals surface area contributed by atoms with Crippen LogP contribution in [-0.2, 0) is 6.54 Å². The highest BCUT2D eigenvalue weighted by Crippen LogP contribution is 2.15. The van der Waals surface area contributed by atoms with Gasteiger partial charge in [0, 0.05) is 17.8 Å². The summed E-state index contributed by atoms with van der Waals surface area (Å²) in [5.41, 5.74) is 6.69. The van der Waals surface area contributed by atoms with Gasteiger partial charge < -0.3 is 21.1 Å². The zero-order valence-electron chi connectivity index (χ0n) is 12.5. The lowest BCUT2D eigenvalue weighted by Crippen LogP contribution is -2.22. The SMILES string of the molecule is NC(=O)Nc1ccc(CNC(=O)c2ccc(OC(F)F)cc2)cc1. The molecule has 2 aromatic carbocycles. The lowest BCUT2D eigenvalue weighted by Gasteiger charge is -2.08. The number of carbonyl (C=O) groups is 2. The Bertz CT molecular complexity index is 704. The molecule has 6 nitrogen and oxygen atoms in total. The van der Waals surface area contributed by atoms with Crippen LogP contribution >= 0.6 is 0 Å². The lowest BCUT2D eigenvalue weighted by atomic mass is 10.1. The molecule has 0 unspecified atom stereocenters. The van der Waals surface area contributed by atoms with Crippen LogP contribution in [0.2, 0.25) is 0 Å². The van der Waals surface area contributed by atoms with Crippen LogP contribution in [-0.4, -0.2) is 18.5 Å². The third kappa shape index (κ3) is 5.24. The van der Waals surface area contributed by atoms with Crippen molar-refractivity contribution >= 4 is 17.6 Å². The predicted octanol–water partition coefficient (Wildman–Crippen LogP) is 2.71. The summed E-state index contributed by atoms with van der Waals surface area (Å²) in [6.45, 7) is -2.64. The molecule has 0 saturated carbocycles. The lowest BCUT2D eigenvalue weighted by molar-refractivity contribution is -0.0498. The number of rotatable bonds is 6. The van der Waals surface area contributed by atoms with Crippen molar-refractivity contribution in [1.82, 2.24) is 5.32 Å². The van der Waals surface area contributed by atoms with Crippen LogP contribution in [0.1, 0.15) is 15.9 Å². The minimum atomic E-state index is -2.91. The second kappa shape index (κ2) is 7.91. The van der Waals surface area contributed by atoms with Crippen LogP contribution in [0.3, 0.4) is 0 Å². The Hall–Kier alpha value is -3.16. The summed E-state index contributed by atoms with van der Waals surface area (Å²) in [6.07, 6.45) is 0. The maximum atomic E-state index is 12.1. The normalized spacial score (nSPS) is 10.3. The van der Waals surface area contributed by atoms with Gasteiger partial charge in [-0.2, -0.15) is 8.78 Å². The molecule has 0 aromatic heterocycles. The van der Waals surface area contributed by atoms with Crippen molar-refractivity contribution in [3.63, 3.8) is 0 Å². The molecule has 0 aliphatic carbocycles. The van der Waals surface area contributed by atoms with E-state index in [1.807, 2.05) is 0 Å². The smallest absolute Gasteiger partial charge is 0.387 e. The summed E-state index contributed by atoms with van der Waals surface area (Å²) in [7, 11) is 0. The van der Waals surface area contributed by atoms with Crippen molar-refractivity contribution in [2.24, 2.45) is 5.73 Å². The van der Waals surface area contributed by atoms with Crippen molar-refractivity contribution in [1.29, 1.82) is 0 Å². The molecule has 0 saturated heterocycles. The molecule has 8 heteroatoms. The maximum Gasteiger partial charge on any atom is 0.387 e. The standard InChI is InChI=1S/C16H15F2N3O3/c17-15(18)24-13-7-3-11(4-8-13)14(22)20-9-10-1-5-12(6-2-10)21-16(19)23/h1-8,15H,9H2,(H,20,22)(H3,19,21,23). The number of alkyl halides is 2. The van der Waals surface area contributed by atoms with E-state index in [1.54, 1.807) is 24.3 Å². The number of ether oxygens (including phenoxy) is 1. The molecule has 4 N–H and O–H groups in total. The van der Waals surface area contributed by atoms with E-state index in [0.717, 1.165) is 5.56 Å². The van der Waals surface area contributed by atoms with Crippen molar-refractivity contribution in [3.8, 4) is 5.75 Å². The topological polar surface area (TPSA) is 93.5 Å². The summed E-state index contributed by atoms with van der Waals surface area (Å²) < 4.78 is 28.3. The first kappa shape index (κ1) is 17.2. The second-order valence-electron chi connectivity index (χ2n) is 4.77. The van der Waals surface area contributed by atoms with E-state index in [4.69, 9.17) is 5.73 Å². The minimum Gasteiger partial charge on any atom is -0.435 e. The van der Waals surface area contributed by atoms with Crippen LogP contribution in [0.25, 0.3) is 0 Å². The van der Waals surface area contributed by atoms with Crippen LogP contribution < -0.4 is 21.1 Å². The molecule has 0 fully saturated rings. The molecule has 0 spiro atoms. The maximum absolute atomic E-state index is 12.1. The summed E-state index contributed by atoms with van der Waals surface area (Å²) >= 11 is 0. The van der Waals surface area contributed by atoms with E-state index in [0.29, 0.717) is 11.3 Å². The summed E-state index contributed by atoms with van der Waals surface area (Å²) in [5, 5.41) is 5.12. The van der Waals surface area contributed by atoms with Crippen molar-refractivity contribution < 1.29 is 23.1 Å². The zero-order chi connectivity index (χ0) is 17.5. The predicted molar refractivity (Wildman–Crippen MR) is 83.9 cm³/mol. The van der Waals surface area contributed by atoms with Gasteiger partial charge in [-0.15, -0.1) is 0 Å². The van der Waals surface area contributed by atoms with E-state index >= 15 is 0 Å². The van der Waals surface area contributed by atoms with Gasteiger partial charge in [-0.05, 0) is 42.0 Å². The van der Waals surface area contributed by atoms with Gasteiger partial charge >= 0.3 is 12.6 Å². The number of nitrogens with two attached hydrogens (primary N) is 1. The van der Waals surface area contributed by atoms with Gasteiger partial charge in [0.1, 0.15) is 5.75 Å². The third-order valence-corrected chi connectivity index (χ3v) is 3.02. The Kier molecular flexibility index (Phi) is 5.67. The van der Waals surface area contributed by atoms with E-state index < -0.39 is 12.6 Å². The number of urea groups is 1. The van der Waals surface area contributed by atoms with Gasteiger partial charge in [-0.25, -0.2) is 4.79 Å². The van der Waals surface area contributed by atoms with Crippen LogP contribution in [0.4, 0.5) is 19.3 Å². The molecule has 0 aliphatic heterocycles. The van der Waals surface area contributed by atoms with E-state index in [-0.39, 0.29) is 18.2 Å². The van der Waals surface area contributed by atoms with Crippen LogP contribution in [0.15, 0.2) is 48.5 Å². The van der Waals surface area contributed by atoms with Gasteiger partial charge in [0.2, 0.25) is 0 Å². The Morgan fingerprint density at radius 3 is 2.21 bits per heavy atom. The fourth-order valence-corrected chi connectivity index (χ4v) is 1.92. The summed E-state index contributed by atoms with van der Waals surface area (Å²) in [6, 6.07) is 11.5. The number of amides is 3. The first-order valence-electron chi connectivity index (χ1n) is 6.92. The first-order chi connectivity index (χ1) is 11.4. The minimum absolute atomic E-state index is 0.0147. The highest BCUT2D eigenvalue weighted by atomic mass is 19.3. The van der Waals surface area contributed by atoms with Crippen LogP contribution in [0.5, 0.6) is 5.75 Å². The number of primary amides is 1. The fourth-order valence-electron chi connectivity index (χ4n) is 1.92. The number of hydrogen-bond donors (Lipinski definition) is 3. The molecule has 2 aromatic rings. The van der Waals surface area contributed by atoms with Crippen molar-refractivity contribution in [2.75, 3.05) is 5.32 Å². The molecule has 0 heterocycles. The summed E-state index contributed by atoms with van der Waals surface area (Å²) in [5.74, 6) is -0.364. The molecular weight excluding hydrogens is 320 g/mol. The molecule has 0 bridgehead atoms. The Morgan fingerprint density at radius 1 is 1.04 bits per heavy atom. The zero-order valence-corrected chi connectivity index (χ0v) is 12.5. The second-order valence-corrected chi connectivity index (χ2v) is 4.77. The summed E-state index contributed by atoms with van der Waals surface area (Å²) in [4.78, 5) is 22.7. The molecule has 2 rings (SSSR count). The van der Waals surface area contributed by atoms with Gasteiger partial charge in [0.05, 0.1) is 0 Å². The van der Waals surface area contributed by atoms with Gasteiger partial charge in [0.15, 0.2) is 0 Å². The fraction of sp³-hybridized carbons (Fsp3) is 0.125. The average Bonchev–Trinajstić information content (AvgIpc) is 2.53. The molecule has 24 heavy (non-hydrogen) atoms. The number of nitrogens with one attached hydrogen (secondary N) is 2. The Balaban J connectivity index is 1.89. The van der Waals surface area contributed by atoms with E-state index in [1.165, 1.54) is 24.3 Å². The molecule has 0 radical (unpaired) electrons. The number of anilines is 1. The van der Waals surface area contributed by atoms with E-state index in [9.17, 15) is 18.4 Å². The molecular formula is C16H15F2N3O3. The average molecular weight is 335 g/mol. The molecule has 0 atom stereocenters. The Labute approximate surface area is 136 Å².